The van der Waals surface area contributed by atoms with E-state index in [0.717, 1.165) is 55.7 Å². The van der Waals surface area contributed by atoms with Crippen molar-refractivity contribution in [3.8, 4) is 5.75 Å². The van der Waals surface area contributed by atoms with E-state index in [1.807, 2.05) is 18.2 Å². The minimum atomic E-state index is -0.0164. The number of aliphatic hydroxyl groups excluding tert-OH is 1. The molecule has 45 heavy (non-hydrogen) atoms. The zero-order valence-corrected chi connectivity index (χ0v) is 26.3. The van der Waals surface area contributed by atoms with E-state index >= 15 is 0 Å². The molecule has 238 valence electrons. The van der Waals surface area contributed by atoms with Crippen LogP contribution in [0.5, 0.6) is 5.75 Å². The van der Waals surface area contributed by atoms with E-state index in [9.17, 15) is 5.11 Å². The van der Waals surface area contributed by atoms with Crippen LogP contribution in [0.15, 0.2) is 109 Å². The van der Waals surface area contributed by atoms with Crippen LogP contribution in [0.25, 0.3) is 0 Å². The first kappa shape index (κ1) is 32.9. The van der Waals surface area contributed by atoms with E-state index in [4.69, 9.17) is 18.9 Å². The Balaban J connectivity index is 1.06. The lowest BCUT2D eigenvalue weighted by Gasteiger charge is -2.37. The third-order valence-corrected chi connectivity index (χ3v) is 8.29. The molecule has 6 heteroatoms. The predicted octanol–water partition coefficient (Wildman–Crippen LogP) is 7.15. The fraction of sp³-hybridized carbons (Fsp3) is 0.385. The first-order valence-electron chi connectivity index (χ1n) is 16.3. The molecule has 1 aliphatic rings. The number of piperidine rings is 1. The van der Waals surface area contributed by atoms with E-state index in [-0.39, 0.29) is 18.8 Å². The molecule has 0 bridgehead atoms. The summed E-state index contributed by atoms with van der Waals surface area (Å²) in [5, 5.41) is 9.83. The Kier molecular flexibility index (Phi) is 13.5. The van der Waals surface area contributed by atoms with Crippen molar-refractivity contribution in [2.75, 3.05) is 39.6 Å². The lowest BCUT2D eigenvalue weighted by molar-refractivity contribution is -0.0443. The van der Waals surface area contributed by atoms with Crippen molar-refractivity contribution in [2.45, 2.75) is 57.5 Å². The maximum absolute atomic E-state index is 9.83. The van der Waals surface area contributed by atoms with Gasteiger partial charge in [-0.2, -0.15) is 0 Å². The standard InChI is InChI=1S/C39H47NO5/c41-31-40-22-21-38(36-17-19-37(20-18-36)44-25-9-24-43-28-33-12-5-2-6-13-33)39(27-40)45-30-35-15-7-14-34(26-35)29-42-23-8-16-32-10-3-1-4-11-32/h1-7,10-15,17-20,26,38-39,41H,8-9,16,21-25,27-31H2. The molecule has 0 aliphatic carbocycles. The van der Waals surface area contributed by atoms with Crippen molar-refractivity contribution >= 4 is 0 Å². The van der Waals surface area contributed by atoms with Crippen LogP contribution in [-0.2, 0) is 40.5 Å². The average Bonchev–Trinajstić information content (AvgIpc) is 3.10. The van der Waals surface area contributed by atoms with Crippen molar-refractivity contribution in [1.29, 1.82) is 0 Å². The van der Waals surface area contributed by atoms with Crippen LogP contribution in [0.1, 0.15) is 53.0 Å². The molecule has 4 aromatic rings. The van der Waals surface area contributed by atoms with E-state index in [1.165, 1.54) is 16.7 Å². The Hall–Kier alpha value is -3.52. The molecular weight excluding hydrogens is 562 g/mol. The summed E-state index contributed by atoms with van der Waals surface area (Å²) in [7, 11) is 0. The summed E-state index contributed by atoms with van der Waals surface area (Å²) in [4.78, 5) is 2.05. The molecular formula is C39H47NO5. The smallest absolute Gasteiger partial charge is 0.119 e. The molecule has 0 spiro atoms. The third-order valence-electron chi connectivity index (χ3n) is 8.29. The number of nitrogens with zero attached hydrogens (tertiary/aromatic N) is 1. The van der Waals surface area contributed by atoms with Gasteiger partial charge in [0.05, 0.1) is 45.9 Å². The summed E-state index contributed by atoms with van der Waals surface area (Å²) in [5.41, 5.74) is 6.07. The molecule has 5 rings (SSSR count). The van der Waals surface area contributed by atoms with Gasteiger partial charge in [0, 0.05) is 32.0 Å². The van der Waals surface area contributed by atoms with Gasteiger partial charge in [-0.15, -0.1) is 0 Å². The molecule has 1 N–H and O–H groups in total. The van der Waals surface area contributed by atoms with Gasteiger partial charge in [-0.25, -0.2) is 0 Å². The maximum atomic E-state index is 9.83. The van der Waals surface area contributed by atoms with Gasteiger partial charge in [0.15, 0.2) is 0 Å². The second kappa shape index (κ2) is 18.4. The number of benzene rings is 4. The largest absolute Gasteiger partial charge is 0.494 e. The van der Waals surface area contributed by atoms with Crippen LogP contribution in [0, 0.1) is 0 Å². The number of hydrogen-bond acceptors (Lipinski definition) is 6. The molecule has 0 saturated carbocycles. The zero-order chi connectivity index (χ0) is 30.9. The Bertz CT molecular complexity index is 1370. The van der Waals surface area contributed by atoms with Crippen LogP contribution in [-0.4, -0.2) is 55.8 Å². The molecule has 2 atom stereocenters. The monoisotopic (exact) mass is 609 g/mol. The number of aryl methyl sites for hydroxylation is 1. The van der Waals surface area contributed by atoms with Gasteiger partial charge >= 0.3 is 0 Å². The average molecular weight is 610 g/mol. The highest BCUT2D eigenvalue weighted by molar-refractivity contribution is 5.31. The highest BCUT2D eigenvalue weighted by atomic mass is 16.5. The summed E-state index contributed by atoms with van der Waals surface area (Å²) >= 11 is 0. The van der Waals surface area contributed by atoms with Crippen molar-refractivity contribution in [3.05, 3.63) is 137 Å². The van der Waals surface area contributed by atoms with E-state index in [0.29, 0.717) is 39.6 Å². The van der Waals surface area contributed by atoms with E-state index in [1.54, 1.807) is 0 Å². The lowest BCUT2D eigenvalue weighted by Crippen LogP contribution is -2.44. The molecule has 0 aromatic heterocycles. The second-order valence-corrected chi connectivity index (χ2v) is 11.7. The van der Waals surface area contributed by atoms with Crippen LogP contribution in [0.2, 0.25) is 0 Å². The van der Waals surface area contributed by atoms with Gasteiger partial charge in [-0.3, -0.25) is 4.90 Å². The number of ether oxygens (including phenoxy) is 4. The van der Waals surface area contributed by atoms with E-state index in [2.05, 4.69) is 95.9 Å². The molecule has 2 unspecified atom stereocenters. The molecule has 0 amide bonds. The molecule has 6 nitrogen and oxygen atoms in total. The molecule has 1 heterocycles. The van der Waals surface area contributed by atoms with Crippen molar-refractivity contribution in [2.24, 2.45) is 0 Å². The number of likely N-dealkylation sites (tertiary alicyclic amines) is 1. The molecule has 1 fully saturated rings. The quantitative estimate of drug-likeness (QED) is 0.121. The van der Waals surface area contributed by atoms with Gasteiger partial charge in [0.1, 0.15) is 5.75 Å². The fourth-order valence-electron chi connectivity index (χ4n) is 5.81. The van der Waals surface area contributed by atoms with Crippen molar-refractivity contribution in [3.63, 3.8) is 0 Å². The van der Waals surface area contributed by atoms with Crippen LogP contribution in [0.4, 0.5) is 0 Å². The van der Waals surface area contributed by atoms with Gasteiger partial charge in [0.2, 0.25) is 0 Å². The van der Waals surface area contributed by atoms with Crippen LogP contribution < -0.4 is 4.74 Å². The minimum Gasteiger partial charge on any atom is -0.494 e. The summed E-state index contributed by atoms with van der Waals surface area (Å²) in [5.74, 6) is 1.12. The van der Waals surface area contributed by atoms with Crippen molar-refractivity contribution in [1.82, 2.24) is 4.90 Å². The second-order valence-electron chi connectivity index (χ2n) is 11.7. The number of rotatable bonds is 18. The highest BCUT2D eigenvalue weighted by Crippen LogP contribution is 2.32. The summed E-state index contributed by atoms with van der Waals surface area (Å²) in [6.07, 6.45) is 3.79. The first-order valence-corrected chi connectivity index (χ1v) is 16.3. The van der Waals surface area contributed by atoms with Crippen LogP contribution in [0.3, 0.4) is 0 Å². The molecule has 1 saturated heterocycles. The Morgan fingerprint density at radius 2 is 1.29 bits per heavy atom. The van der Waals surface area contributed by atoms with Gasteiger partial charge in [-0.1, -0.05) is 97.1 Å². The minimum absolute atomic E-state index is 0.0164. The summed E-state index contributed by atoms with van der Waals surface area (Å²) in [6, 6.07) is 37.7. The predicted molar refractivity (Wildman–Crippen MR) is 178 cm³/mol. The Morgan fingerprint density at radius 3 is 2.02 bits per heavy atom. The van der Waals surface area contributed by atoms with Crippen LogP contribution >= 0.6 is 0 Å². The van der Waals surface area contributed by atoms with E-state index < -0.39 is 0 Å². The SMILES string of the molecule is OCN1CCC(c2ccc(OCCCOCc3ccccc3)cc2)C(OCc2cccc(COCCCc3ccccc3)c2)C1. The molecule has 0 radical (unpaired) electrons. The summed E-state index contributed by atoms with van der Waals surface area (Å²) in [6.45, 7) is 5.37. The molecule has 4 aromatic carbocycles. The highest BCUT2D eigenvalue weighted by Gasteiger charge is 2.31. The Labute approximate surface area is 268 Å². The third kappa shape index (κ3) is 11.1. The fourth-order valence-corrected chi connectivity index (χ4v) is 5.81. The summed E-state index contributed by atoms with van der Waals surface area (Å²) < 4.78 is 24.3. The zero-order valence-electron chi connectivity index (χ0n) is 26.3. The maximum Gasteiger partial charge on any atom is 0.119 e. The van der Waals surface area contributed by atoms with Gasteiger partial charge < -0.3 is 24.1 Å². The van der Waals surface area contributed by atoms with Gasteiger partial charge in [0.25, 0.3) is 0 Å². The number of aliphatic hydroxyl groups is 1. The van der Waals surface area contributed by atoms with Crippen molar-refractivity contribution < 1.29 is 24.1 Å². The molecule has 1 aliphatic heterocycles. The topological polar surface area (TPSA) is 60.4 Å². The number of hydrogen-bond donors (Lipinski definition) is 1. The van der Waals surface area contributed by atoms with Gasteiger partial charge in [-0.05, 0) is 59.2 Å². The lowest BCUT2D eigenvalue weighted by atomic mass is 9.87. The Morgan fingerprint density at radius 1 is 0.644 bits per heavy atom. The normalized spacial score (nSPS) is 16.9. The first-order chi connectivity index (χ1) is 22.3.